The fourth-order valence-corrected chi connectivity index (χ4v) is 2.61. The molecule has 0 aliphatic carbocycles. The number of rotatable bonds is 3. The molecule has 0 fully saturated rings. The van der Waals surface area contributed by atoms with Crippen molar-refractivity contribution >= 4 is 33.1 Å². The van der Waals surface area contributed by atoms with Crippen LogP contribution in [-0.4, -0.2) is 16.0 Å². The molecule has 20 heavy (non-hydrogen) atoms. The number of anilines is 1. The minimum atomic E-state index is -0.156. The van der Waals surface area contributed by atoms with Crippen LogP contribution in [0.5, 0.6) is 0 Å². The molecule has 0 radical (unpaired) electrons. The predicted octanol–water partition coefficient (Wildman–Crippen LogP) is 3.04. The van der Waals surface area contributed by atoms with Crippen molar-refractivity contribution in [2.45, 2.75) is 6.61 Å². The van der Waals surface area contributed by atoms with Gasteiger partial charge in [0.05, 0.1) is 22.3 Å². The zero-order valence-corrected chi connectivity index (χ0v) is 11.4. The minimum absolute atomic E-state index is 0.00370. The lowest BCUT2D eigenvalue weighted by molar-refractivity contribution is 0.102. The van der Waals surface area contributed by atoms with Crippen molar-refractivity contribution in [1.82, 2.24) is 4.98 Å². The summed E-state index contributed by atoms with van der Waals surface area (Å²) in [4.78, 5) is 16.3. The molecule has 1 amide bonds. The smallest absolute Gasteiger partial charge is 0.255 e. The van der Waals surface area contributed by atoms with Gasteiger partial charge < -0.3 is 10.4 Å². The summed E-state index contributed by atoms with van der Waals surface area (Å²) < 4.78 is 0.994. The monoisotopic (exact) mass is 284 g/mol. The van der Waals surface area contributed by atoms with Crippen molar-refractivity contribution < 1.29 is 9.90 Å². The normalized spacial score (nSPS) is 10.7. The van der Waals surface area contributed by atoms with Crippen molar-refractivity contribution in [3.05, 3.63) is 59.1 Å². The third-order valence-electron chi connectivity index (χ3n) is 2.99. The summed E-state index contributed by atoms with van der Waals surface area (Å²) >= 11 is 1.51. The van der Waals surface area contributed by atoms with Gasteiger partial charge in [0.2, 0.25) is 0 Å². The Balaban J connectivity index is 1.80. The third kappa shape index (κ3) is 2.54. The number of fused-ring (bicyclic) bond motifs is 1. The number of benzene rings is 2. The number of aliphatic hydroxyl groups is 1. The van der Waals surface area contributed by atoms with Crippen LogP contribution in [0.1, 0.15) is 15.9 Å². The first-order chi connectivity index (χ1) is 9.76. The Labute approximate surface area is 119 Å². The van der Waals surface area contributed by atoms with Crippen LogP contribution in [-0.2, 0) is 6.61 Å². The second-order valence-electron chi connectivity index (χ2n) is 4.34. The molecule has 0 saturated carbocycles. The zero-order valence-electron chi connectivity index (χ0n) is 10.5. The number of thiazole rings is 1. The summed E-state index contributed by atoms with van der Waals surface area (Å²) in [7, 11) is 0. The second kappa shape index (κ2) is 5.40. The van der Waals surface area contributed by atoms with Crippen LogP contribution in [0.4, 0.5) is 5.69 Å². The van der Waals surface area contributed by atoms with Crippen molar-refractivity contribution in [3.8, 4) is 0 Å². The van der Waals surface area contributed by atoms with E-state index in [2.05, 4.69) is 10.3 Å². The van der Waals surface area contributed by atoms with E-state index in [4.69, 9.17) is 5.11 Å². The highest BCUT2D eigenvalue weighted by Crippen LogP contribution is 2.20. The molecule has 4 nitrogen and oxygen atoms in total. The average molecular weight is 284 g/mol. The van der Waals surface area contributed by atoms with Gasteiger partial charge >= 0.3 is 0 Å². The van der Waals surface area contributed by atoms with E-state index in [1.807, 2.05) is 12.1 Å². The van der Waals surface area contributed by atoms with E-state index in [9.17, 15) is 4.79 Å². The van der Waals surface area contributed by atoms with Gasteiger partial charge in [0.15, 0.2) is 0 Å². The van der Waals surface area contributed by atoms with Crippen LogP contribution in [0.15, 0.2) is 48.0 Å². The van der Waals surface area contributed by atoms with Crippen LogP contribution in [0.25, 0.3) is 10.2 Å². The summed E-state index contributed by atoms with van der Waals surface area (Å²) in [5, 5.41) is 11.8. The SMILES string of the molecule is O=C(Nc1ccc(CO)cc1)c1ccc2ncsc2c1. The first-order valence-corrected chi connectivity index (χ1v) is 6.98. The summed E-state index contributed by atoms with van der Waals surface area (Å²) in [6.45, 7) is -0.00370. The maximum absolute atomic E-state index is 12.2. The first kappa shape index (κ1) is 12.8. The van der Waals surface area contributed by atoms with E-state index < -0.39 is 0 Å². The maximum Gasteiger partial charge on any atom is 0.255 e. The van der Waals surface area contributed by atoms with Crippen molar-refractivity contribution in [2.75, 3.05) is 5.32 Å². The lowest BCUT2D eigenvalue weighted by atomic mass is 10.2. The molecule has 1 heterocycles. The van der Waals surface area contributed by atoms with Gasteiger partial charge in [0.1, 0.15) is 0 Å². The van der Waals surface area contributed by atoms with E-state index >= 15 is 0 Å². The molecular formula is C15H12N2O2S. The lowest BCUT2D eigenvalue weighted by Gasteiger charge is -2.06. The molecule has 3 aromatic rings. The average Bonchev–Trinajstić information content (AvgIpc) is 2.95. The standard InChI is InChI=1S/C15H12N2O2S/c18-8-10-1-4-12(5-2-10)17-15(19)11-3-6-13-14(7-11)20-9-16-13/h1-7,9,18H,8H2,(H,17,19). The topological polar surface area (TPSA) is 62.2 Å². The summed E-state index contributed by atoms with van der Waals surface area (Å²) in [6.07, 6.45) is 0. The first-order valence-electron chi connectivity index (χ1n) is 6.10. The molecule has 1 aromatic heterocycles. The molecule has 0 bridgehead atoms. The number of hydrogen-bond acceptors (Lipinski definition) is 4. The van der Waals surface area contributed by atoms with Gasteiger partial charge in [-0.1, -0.05) is 12.1 Å². The van der Waals surface area contributed by atoms with E-state index in [-0.39, 0.29) is 12.5 Å². The second-order valence-corrected chi connectivity index (χ2v) is 5.23. The highest BCUT2D eigenvalue weighted by atomic mass is 32.1. The Morgan fingerprint density at radius 1 is 1.20 bits per heavy atom. The number of carbonyl (C=O) groups is 1. The summed E-state index contributed by atoms with van der Waals surface area (Å²) in [5.41, 5.74) is 4.79. The van der Waals surface area contributed by atoms with Gasteiger partial charge in [0.25, 0.3) is 5.91 Å². The van der Waals surface area contributed by atoms with E-state index in [0.29, 0.717) is 11.3 Å². The van der Waals surface area contributed by atoms with Crippen LogP contribution < -0.4 is 5.32 Å². The predicted molar refractivity (Wildman–Crippen MR) is 79.9 cm³/mol. The Hall–Kier alpha value is -2.24. The molecule has 0 unspecified atom stereocenters. The van der Waals surface area contributed by atoms with Crippen molar-refractivity contribution in [1.29, 1.82) is 0 Å². The quantitative estimate of drug-likeness (QED) is 0.777. The Kier molecular flexibility index (Phi) is 3.45. The Bertz CT molecular complexity index is 750. The summed E-state index contributed by atoms with van der Waals surface area (Å²) in [6, 6.07) is 12.5. The van der Waals surface area contributed by atoms with E-state index in [1.54, 1.807) is 35.8 Å². The van der Waals surface area contributed by atoms with Gasteiger partial charge in [-0.2, -0.15) is 0 Å². The van der Waals surface area contributed by atoms with E-state index in [1.165, 1.54) is 11.3 Å². The number of amides is 1. The Morgan fingerprint density at radius 2 is 2.00 bits per heavy atom. The molecule has 0 atom stereocenters. The van der Waals surface area contributed by atoms with Gasteiger partial charge in [-0.15, -0.1) is 11.3 Å². The number of hydrogen-bond donors (Lipinski definition) is 2. The van der Waals surface area contributed by atoms with Gasteiger partial charge in [-0.05, 0) is 35.9 Å². The molecule has 5 heteroatoms. The number of nitrogens with one attached hydrogen (secondary N) is 1. The highest BCUT2D eigenvalue weighted by Gasteiger charge is 2.08. The van der Waals surface area contributed by atoms with Crippen LogP contribution in [0.3, 0.4) is 0 Å². The molecule has 100 valence electrons. The minimum Gasteiger partial charge on any atom is -0.392 e. The van der Waals surface area contributed by atoms with Crippen LogP contribution >= 0.6 is 11.3 Å². The Morgan fingerprint density at radius 3 is 2.75 bits per heavy atom. The zero-order chi connectivity index (χ0) is 13.9. The van der Waals surface area contributed by atoms with Gasteiger partial charge in [0, 0.05) is 11.3 Å². The molecule has 2 N–H and O–H groups in total. The lowest BCUT2D eigenvalue weighted by Crippen LogP contribution is -2.11. The van der Waals surface area contributed by atoms with Crippen LogP contribution in [0.2, 0.25) is 0 Å². The van der Waals surface area contributed by atoms with Crippen LogP contribution in [0, 0.1) is 0 Å². The highest BCUT2D eigenvalue weighted by molar-refractivity contribution is 7.16. The molecule has 0 saturated heterocycles. The molecule has 0 aliphatic rings. The molecule has 2 aromatic carbocycles. The van der Waals surface area contributed by atoms with E-state index in [0.717, 1.165) is 15.8 Å². The molecular weight excluding hydrogens is 272 g/mol. The number of aromatic nitrogens is 1. The fourth-order valence-electron chi connectivity index (χ4n) is 1.89. The van der Waals surface area contributed by atoms with Crippen molar-refractivity contribution in [2.24, 2.45) is 0 Å². The molecule has 3 rings (SSSR count). The van der Waals surface area contributed by atoms with Gasteiger partial charge in [-0.25, -0.2) is 4.98 Å². The summed E-state index contributed by atoms with van der Waals surface area (Å²) in [5.74, 6) is -0.156. The molecule has 0 aliphatic heterocycles. The number of aliphatic hydroxyl groups excluding tert-OH is 1. The maximum atomic E-state index is 12.2. The molecule has 0 spiro atoms. The largest absolute Gasteiger partial charge is 0.392 e. The number of nitrogens with zero attached hydrogens (tertiary/aromatic N) is 1. The van der Waals surface area contributed by atoms with Crippen molar-refractivity contribution in [3.63, 3.8) is 0 Å². The van der Waals surface area contributed by atoms with Gasteiger partial charge in [-0.3, -0.25) is 4.79 Å². The third-order valence-corrected chi connectivity index (χ3v) is 3.78. The number of carbonyl (C=O) groups excluding carboxylic acids is 1. The fraction of sp³-hybridized carbons (Fsp3) is 0.0667.